The monoisotopic (exact) mass is 588 g/mol. The van der Waals surface area contributed by atoms with Crippen molar-refractivity contribution >= 4 is 17.7 Å². The molecule has 0 atom stereocenters. The van der Waals surface area contributed by atoms with Crippen molar-refractivity contribution in [2.45, 2.75) is 84.6 Å². The Morgan fingerprint density at radius 2 is 1.63 bits per heavy atom. The highest BCUT2D eigenvalue weighted by Crippen LogP contribution is 2.38. The van der Waals surface area contributed by atoms with E-state index in [1.807, 2.05) is 0 Å². The van der Waals surface area contributed by atoms with Gasteiger partial charge in [-0.05, 0) is 78.0 Å². The lowest BCUT2D eigenvalue weighted by molar-refractivity contribution is -0.384. The van der Waals surface area contributed by atoms with Crippen LogP contribution in [0.15, 0.2) is 72.8 Å². The first-order valence-corrected chi connectivity index (χ1v) is 15.1. The predicted molar refractivity (Wildman–Crippen MR) is 172 cm³/mol. The lowest BCUT2D eigenvalue weighted by atomic mass is 9.76. The quantitative estimate of drug-likeness (QED) is 0.0769. The Labute approximate surface area is 255 Å². The summed E-state index contributed by atoms with van der Waals surface area (Å²) >= 11 is 0. The molecule has 0 fully saturated rings. The van der Waals surface area contributed by atoms with E-state index in [0.717, 1.165) is 25.0 Å². The van der Waals surface area contributed by atoms with Gasteiger partial charge in [0.25, 0.3) is 5.69 Å². The molecule has 0 radical (unpaired) electrons. The maximum Gasteiger partial charge on any atom is 0.269 e. The molecule has 6 nitrogen and oxygen atoms in total. The van der Waals surface area contributed by atoms with Crippen LogP contribution in [-0.2, 0) is 22.2 Å². The third kappa shape index (κ3) is 9.24. The number of amides is 1. The smallest absolute Gasteiger partial charge is 0.269 e. The zero-order valence-corrected chi connectivity index (χ0v) is 26.4. The van der Waals surface area contributed by atoms with E-state index in [0.29, 0.717) is 30.7 Å². The van der Waals surface area contributed by atoms with Crippen LogP contribution in [0.5, 0.6) is 5.75 Å². The van der Waals surface area contributed by atoms with Crippen LogP contribution in [0.3, 0.4) is 0 Å². The largest absolute Gasteiger partial charge is 0.493 e. The van der Waals surface area contributed by atoms with Crippen molar-refractivity contribution in [2.24, 2.45) is 0 Å². The third-order valence-electron chi connectivity index (χ3n) is 8.49. The van der Waals surface area contributed by atoms with E-state index < -0.39 is 4.92 Å². The van der Waals surface area contributed by atoms with Gasteiger partial charge in [0.15, 0.2) is 0 Å². The van der Waals surface area contributed by atoms with Gasteiger partial charge in [-0.2, -0.15) is 0 Å². The van der Waals surface area contributed by atoms with Crippen LogP contribution >= 0.6 is 0 Å². The van der Waals surface area contributed by atoms with E-state index in [2.05, 4.69) is 59.7 Å². The van der Waals surface area contributed by atoms with Crippen LogP contribution in [0.1, 0.15) is 89.5 Å². The second-order valence-corrected chi connectivity index (χ2v) is 12.3. The van der Waals surface area contributed by atoms with Gasteiger partial charge in [0.1, 0.15) is 11.6 Å². The fourth-order valence-electron chi connectivity index (χ4n) is 4.67. The minimum atomic E-state index is -0.466. The highest BCUT2D eigenvalue weighted by atomic mass is 19.1. The molecule has 0 bridgehead atoms. The Balaban J connectivity index is 1.68. The van der Waals surface area contributed by atoms with Gasteiger partial charge in [-0.1, -0.05) is 71.9 Å². The minimum absolute atomic E-state index is 0.0157. The standard InChI is InChI=1S/C36H45FN2O4/c1-7-35(3,4)29-18-21-33(31(25-29)36(5,6)8-2)43-24-12-11-23-38(26-28-13-9-10-14-32(28)37)34(40)22-17-27-15-19-30(20-16-27)39(41)42/h9-10,13-22,25H,7-8,11-12,23-24,26H2,1-6H3/b22-17+. The highest BCUT2D eigenvalue weighted by molar-refractivity contribution is 5.91. The molecule has 43 heavy (non-hydrogen) atoms. The lowest BCUT2D eigenvalue weighted by Crippen LogP contribution is -2.30. The Kier molecular flexibility index (Phi) is 11.6. The van der Waals surface area contributed by atoms with E-state index in [9.17, 15) is 19.3 Å². The van der Waals surface area contributed by atoms with Crippen LogP contribution in [0.4, 0.5) is 10.1 Å². The minimum Gasteiger partial charge on any atom is -0.493 e. The van der Waals surface area contributed by atoms with Crippen molar-refractivity contribution in [3.8, 4) is 5.75 Å². The number of carbonyl (C=O) groups is 1. The second kappa shape index (κ2) is 14.9. The van der Waals surface area contributed by atoms with Crippen LogP contribution in [0.2, 0.25) is 0 Å². The van der Waals surface area contributed by atoms with Crippen LogP contribution in [0, 0.1) is 15.9 Å². The normalized spacial score (nSPS) is 12.0. The summed E-state index contributed by atoms with van der Waals surface area (Å²) in [6.45, 7) is 14.5. The summed E-state index contributed by atoms with van der Waals surface area (Å²) < 4.78 is 20.8. The zero-order valence-electron chi connectivity index (χ0n) is 26.4. The number of ether oxygens (including phenoxy) is 1. The van der Waals surface area contributed by atoms with Crippen LogP contribution in [-0.4, -0.2) is 28.9 Å². The molecule has 0 saturated carbocycles. The SMILES string of the molecule is CCC(C)(C)c1ccc(OCCCCN(Cc2ccccc2F)C(=O)/C=C/c2ccc([N+](=O)[O-])cc2)c(C(C)(C)CC)c1. The molecule has 3 aromatic rings. The number of benzene rings is 3. The number of rotatable bonds is 15. The summed E-state index contributed by atoms with van der Waals surface area (Å²) in [5, 5.41) is 10.9. The van der Waals surface area contributed by atoms with Gasteiger partial charge >= 0.3 is 0 Å². The molecule has 230 valence electrons. The average molecular weight is 589 g/mol. The third-order valence-corrected chi connectivity index (χ3v) is 8.49. The number of unbranched alkanes of at least 4 members (excludes halogenated alkanes) is 1. The molecule has 0 aromatic heterocycles. The number of carbonyl (C=O) groups excluding carboxylic acids is 1. The van der Waals surface area contributed by atoms with Crippen molar-refractivity contribution < 1.29 is 18.8 Å². The predicted octanol–water partition coefficient (Wildman–Crippen LogP) is 9.01. The van der Waals surface area contributed by atoms with Crippen molar-refractivity contribution in [2.75, 3.05) is 13.2 Å². The summed E-state index contributed by atoms with van der Waals surface area (Å²) in [4.78, 5) is 25.3. The first kappa shape index (κ1) is 33.5. The summed E-state index contributed by atoms with van der Waals surface area (Å²) in [6.07, 6.45) is 6.48. The lowest BCUT2D eigenvalue weighted by Gasteiger charge is -2.30. The van der Waals surface area contributed by atoms with Crippen molar-refractivity contribution in [1.29, 1.82) is 0 Å². The molecule has 0 spiro atoms. The summed E-state index contributed by atoms with van der Waals surface area (Å²) in [5.74, 6) is 0.278. The molecule has 0 aliphatic heterocycles. The van der Waals surface area contributed by atoms with E-state index >= 15 is 0 Å². The van der Waals surface area contributed by atoms with Crippen molar-refractivity contribution in [1.82, 2.24) is 4.90 Å². The number of nitro benzene ring substituents is 1. The first-order chi connectivity index (χ1) is 20.4. The van der Waals surface area contributed by atoms with E-state index in [1.165, 1.54) is 35.4 Å². The van der Waals surface area contributed by atoms with E-state index in [4.69, 9.17) is 4.74 Å². The number of hydrogen-bond donors (Lipinski definition) is 0. The molecule has 0 unspecified atom stereocenters. The topological polar surface area (TPSA) is 72.7 Å². The molecule has 7 heteroatoms. The molecule has 1 amide bonds. The van der Waals surface area contributed by atoms with Gasteiger partial charge < -0.3 is 9.64 Å². The Morgan fingerprint density at radius 3 is 2.26 bits per heavy atom. The summed E-state index contributed by atoms with van der Waals surface area (Å²) in [6, 6.07) is 19.0. The molecule has 0 heterocycles. The molecular formula is C36H45FN2O4. The second-order valence-electron chi connectivity index (χ2n) is 12.3. The number of halogens is 1. The molecule has 0 N–H and O–H groups in total. The van der Waals surface area contributed by atoms with E-state index in [-0.39, 0.29) is 34.8 Å². The highest BCUT2D eigenvalue weighted by Gasteiger charge is 2.26. The maximum atomic E-state index is 14.5. The molecule has 3 rings (SSSR count). The number of hydrogen-bond acceptors (Lipinski definition) is 4. The number of nitro groups is 1. The Morgan fingerprint density at radius 1 is 0.953 bits per heavy atom. The van der Waals surface area contributed by atoms with Gasteiger partial charge in [0.2, 0.25) is 5.91 Å². The van der Waals surface area contributed by atoms with Gasteiger partial charge in [0.05, 0.1) is 11.5 Å². The van der Waals surface area contributed by atoms with Gasteiger partial charge in [0, 0.05) is 42.4 Å². The number of non-ortho nitro benzene ring substituents is 1. The molecule has 0 aliphatic rings. The molecular weight excluding hydrogens is 543 g/mol. The zero-order chi connectivity index (χ0) is 31.6. The van der Waals surface area contributed by atoms with Gasteiger partial charge in [-0.25, -0.2) is 4.39 Å². The van der Waals surface area contributed by atoms with Crippen LogP contribution in [0.25, 0.3) is 6.08 Å². The average Bonchev–Trinajstić information content (AvgIpc) is 3.00. The van der Waals surface area contributed by atoms with Gasteiger partial charge in [-0.3, -0.25) is 14.9 Å². The van der Waals surface area contributed by atoms with Crippen molar-refractivity contribution in [3.05, 3.63) is 111 Å². The van der Waals surface area contributed by atoms with Crippen LogP contribution < -0.4 is 4.74 Å². The first-order valence-electron chi connectivity index (χ1n) is 15.1. The Bertz CT molecular complexity index is 1410. The fraction of sp³-hybridized carbons (Fsp3) is 0.417. The Hall–Kier alpha value is -4.00. The van der Waals surface area contributed by atoms with E-state index in [1.54, 1.807) is 41.3 Å². The summed E-state index contributed by atoms with van der Waals surface area (Å²) in [7, 11) is 0. The molecule has 3 aromatic carbocycles. The summed E-state index contributed by atoms with van der Waals surface area (Å²) in [5.41, 5.74) is 3.66. The number of nitrogens with zero attached hydrogens (tertiary/aromatic N) is 2. The van der Waals surface area contributed by atoms with Gasteiger partial charge in [-0.15, -0.1) is 0 Å². The fourth-order valence-corrected chi connectivity index (χ4v) is 4.67. The van der Waals surface area contributed by atoms with Crippen molar-refractivity contribution in [3.63, 3.8) is 0 Å². The maximum absolute atomic E-state index is 14.5. The molecule has 0 saturated heterocycles. The molecule has 0 aliphatic carbocycles.